The number of fused-ring (bicyclic) bond motifs is 2. The number of benzene rings is 3. The van der Waals surface area contributed by atoms with E-state index in [2.05, 4.69) is 25.9 Å². The maximum Gasteiger partial charge on any atom is 0.259 e. The molecule has 1 amide bonds. The van der Waals surface area contributed by atoms with Gasteiger partial charge in [0, 0.05) is 5.56 Å². The molecular weight excluding hydrogens is 354 g/mol. The lowest BCUT2D eigenvalue weighted by atomic mass is 10.00. The molecule has 3 aromatic carbocycles. The van der Waals surface area contributed by atoms with E-state index in [0.29, 0.717) is 28.6 Å². The van der Waals surface area contributed by atoms with Gasteiger partial charge in [-0.05, 0) is 59.2 Å². The number of aromatic nitrogens is 4. The normalized spacial score (nSPS) is 12.4. The molecule has 0 bridgehead atoms. The number of carbonyl (C=O) groups is 1. The largest absolute Gasteiger partial charge is 0.454 e. The summed E-state index contributed by atoms with van der Waals surface area (Å²) in [5.41, 5.74) is 4.87. The van der Waals surface area contributed by atoms with Crippen LogP contribution in [0.3, 0.4) is 0 Å². The molecule has 0 saturated carbocycles. The molecule has 2 N–H and O–H groups in total. The van der Waals surface area contributed by atoms with E-state index in [-0.39, 0.29) is 5.91 Å². The van der Waals surface area contributed by atoms with E-state index < -0.39 is 0 Å². The fraction of sp³-hybridized carbons (Fsp3) is 0.0476. The third-order valence-corrected chi connectivity index (χ3v) is 4.63. The SMILES string of the molecule is Cc1ccc2c(c1)NC(=O)c1cc(-c3cccc(-c4nn[nH]n4)c3)ccc1O2. The van der Waals surface area contributed by atoms with Crippen LogP contribution < -0.4 is 10.1 Å². The summed E-state index contributed by atoms with van der Waals surface area (Å²) in [6.45, 7) is 1.97. The number of hydrogen-bond acceptors (Lipinski definition) is 5. The van der Waals surface area contributed by atoms with Gasteiger partial charge >= 0.3 is 0 Å². The number of aryl methyl sites for hydroxylation is 1. The Morgan fingerprint density at radius 1 is 0.893 bits per heavy atom. The predicted molar refractivity (Wildman–Crippen MR) is 104 cm³/mol. The van der Waals surface area contributed by atoms with Crippen LogP contribution in [0.1, 0.15) is 15.9 Å². The van der Waals surface area contributed by atoms with Gasteiger partial charge in [-0.15, -0.1) is 10.2 Å². The van der Waals surface area contributed by atoms with Crippen molar-refractivity contribution in [1.82, 2.24) is 20.6 Å². The topological polar surface area (TPSA) is 92.8 Å². The highest BCUT2D eigenvalue weighted by Gasteiger charge is 2.21. The molecule has 0 fully saturated rings. The van der Waals surface area contributed by atoms with Crippen molar-refractivity contribution in [3.05, 3.63) is 71.8 Å². The van der Waals surface area contributed by atoms with Crippen molar-refractivity contribution in [2.75, 3.05) is 5.32 Å². The van der Waals surface area contributed by atoms with Crippen molar-refractivity contribution in [2.45, 2.75) is 6.92 Å². The Morgan fingerprint density at radius 3 is 2.57 bits per heavy atom. The molecule has 1 aliphatic heterocycles. The molecule has 0 aliphatic carbocycles. The minimum absolute atomic E-state index is 0.199. The number of rotatable bonds is 2. The van der Waals surface area contributed by atoms with Crippen LogP contribution in [-0.4, -0.2) is 26.5 Å². The van der Waals surface area contributed by atoms with Crippen LogP contribution in [0.15, 0.2) is 60.7 Å². The average molecular weight is 369 g/mol. The van der Waals surface area contributed by atoms with E-state index in [4.69, 9.17) is 4.74 Å². The van der Waals surface area contributed by atoms with Gasteiger partial charge < -0.3 is 10.1 Å². The van der Waals surface area contributed by atoms with Gasteiger partial charge in [0.1, 0.15) is 5.75 Å². The van der Waals surface area contributed by atoms with Crippen molar-refractivity contribution in [1.29, 1.82) is 0 Å². The summed E-state index contributed by atoms with van der Waals surface area (Å²) in [5, 5.41) is 17.0. The van der Waals surface area contributed by atoms with Crippen molar-refractivity contribution < 1.29 is 9.53 Å². The number of nitrogens with zero attached hydrogens (tertiary/aromatic N) is 3. The molecule has 7 heteroatoms. The van der Waals surface area contributed by atoms with Gasteiger partial charge in [0.2, 0.25) is 5.82 Å². The van der Waals surface area contributed by atoms with Crippen LogP contribution in [0, 0.1) is 6.92 Å². The van der Waals surface area contributed by atoms with Crippen molar-refractivity contribution in [2.24, 2.45) is 0 Å². The monoisotopic (exact) mass is 369 g/mol. The molecule has 28 heavy (non-hydrogen) atoms. The lowest BCUT2D eigenvalue weighted by Gasteiger charge is -2.09. The zero-order valence-corrected chi connectivity index (χ0v) is 14.9. The number of amides is 1. The molecular formula is C21H15N5O2. The van der Waals surface area contributed by atoms with Crippen LogP contribution in [-0.2, 0) is 0 Å². The molecule has 7 nitrogen and oxygen atoms in total. The van der Waals surface area contributed by atoms with Gasteiger partial charge in [-0.3, -0.25) is 4.79 Å². The highest BCUT2D eigenvalue weighted by atomic mass is 16.5. The molecule has 0 atom stereocenters. The summed E-state index contributed by atoms with van der Waals surface area (Å²) in [7, 11) is 0. The molecule has 0 radical (unpaired) electrons. The number of H-pyrrole nitrogens is 1. The van der Waals surface area contributed by atoms with Crippen LogP contribution in [0.5, 0.6) is 11.5 Å². The summed E-state index contributed by atoms with van der Waals surface area (Å²) in [4.78, 5) is 12.8. The molecule has 0 spiro atoms. The predicted octanol–water partition coefficient (Wildman–Crippen LogP) is 4.20. The quantitative estimate of drug-likeness (QED) is 0.552. The van der Waals surface area contributed by atoms with Crippen molar-refractivity contribution in [3.63, 3.8) is 0 Å². The maximum absolute atomic E-state index is 12.8. The molecule has 136 valence electrons. The first-order valence-electron chi connectivity index (χ1n) is 8.75. The lowest BCUT2D eigenvalue weighted by molar-refractivity contribution is 0.102. The Morgan fingerprint density at radius 2 is 1.71 bits per heavy atom. The number of tetrazole rings is 1. The van der Waals surface area contributed by atoms with Crippen LogP contribution in [0.25, 0.3) is 22.5 Å². The second kappa shape index (κ2) is 6.31. The van der Waals surface area contributed by atoms with Crippen molar-refractivity contribution in [3.8, 4) is 34.0 Å². The minimum Gasteiger partial charge on any atom is -0.454 e. The Bertz CT molecular complexity index is 1200. The third-order valence-electron chi connectivity index (χ3n) is 4.63. The first kappa shape index (κ1) is 16.2. The number of anilines is 1. The van der Waals surface area contributed by atoms with Gasteiger partial charge in [-0.2, -0.15) is 5.21 Å². The smallest absolute Gasteiger partial charge is 0.259 e. The Labute approximate surface area is 160 Å². The molecule has 1 aliphatic rings. The van der Waals surface area contributed by atoms with Crippen LogP contribution >= 0.6 is 0 Å². The van der Waals surface area contributed by atoms with E-state index in [9.17, 15) is 4.79 Å². The summed E-state index contributed by atoms with van der Waals surface area (Å²) in [6, 6.07) is 19.1. The number of carbonyl (C=O) groups excluding carboxylic acids is 1. The summed E-state index contributed by atoms with van der Waals surface area (Å²) >= 11 is 0. The molecule has 0 saturated heterocycles. The van der Waals surface area contributed by atoms with Crippen LogP contribution in [0.2, 0.25) is 0 Å². The number of nitrogens with one attached hydrogen (secondary N) is 2. The van der Waals surface area contributed by atoms with E-state index in [1.807, 2.05) is 67.6 Å². The molecule has 0 unspecified atom stereocenters. The zero-order chi connectivity index (χ0) is 19.1. The first-order valence-corrected chi connectivity index (χ1v) is 8.75. The van der Waals surface area contributed by atoms with E-state index in [1.54, 1.807) is 0 Å². The average Bonchev–Trinajstić information content (AvgIpc) is 3.21. The van der Waals surface area contributed by atoms with Gasteiger partial charge in [0.15, 0.2) is 5.75 Å². The minimum atomic E-state index is -0.199. The Kier molecular flexibility index (Phi) is 3.65. The molecule has 4 aromatic rings. The van der Waals surface area contributed by atoms with Gasteiger partial charge in [0.25, 0.3) is 5.91 Å². The lowest BCUT2D eigenvalue weighted by Crippen LogP contribution is -2.10. The van der Waals surface area contributed by atoms with Gasteiger partial charge in [-0.25, -0.2) is 0 Å². The summed E-state index contributed by atoms with van der Waals surface area (Å²) in [5.74, 6) is 1.47. The first-order chi connectivity index (χ1) is 13.7. The highest BCUT2D eigenvalue weighted by Crippen LogP contribution is 2.38. The summed E-state index contributed by atoms with van der Waals surface area (Å²) < 4.78 is 5.99. The van der Waals surface area contributed by atoms with E-state index >= 15 is 0 Å². The van der Waals surface area contributed by atoms with Gasteiger partial charge in [0.05, 0.1) is 11.3 Å². The standard InChI is InChI=1S/C21H15N5O2/c1-12-5-7-19-17(9-12)22-21(27)16-11-14(6-8-18(16)28-19)13-3-2-4-15(10-13)20-23-25-26-24-20/h2-11H,1H3,(H,22,27)(H,23,24,25,26). The highest BCUT2D eigenvalue weighted by molar-refractivity contribution is 6.08. The second-order valence-corrected chi connectivity index (χ2v) is 6.58. The third kappa shape index (κ3) is 2.79. The van der Waals surface area contributed by atoms with E-state index in [0.717, 1.165) is 22.3 Å². The Balaban J connectivity index is 1.56. The fourth-order valence-electron chi connectivity index (χ4n) is 3.24. The second-order valence-electron chi connectivity index (χ2n) is 6.58. The zero-order valence-electron chi connectivity index (χ0n) is 14.9. The van der Waals surface area contributed by atoms with Crippen molar-refractivity contribution >= 4 is 11.6 Å². The Hall–Kier alpha value is -4.00. The summed E-state index contributed by atoms with van der Waals surface area (Å²) in [6.07, 6.45) is 0. The molecule has 5 rings (SSSR count). The fourth-order valence-corrected chi connectivity index (χ4v) is 3.24. The number of aromatic amines is 1. The molecule has 2 heterocycles. The molecule has 1 aromatic heterocycles. The number of ether oxygens (including phenoxy) is 1. The van der Waals surface area contributed by atoms with E-state index in [1.165, 1.54) is 0 Å². The van der Waals surface area contributed by atoms with Crippen LogP contribution in [0.4, 0.5) is 5.69 Å². The van der Waals surface area contributed by atoms with Gasteiger partial charge in [-0.1, -0.05) is 30.3 Å². The number of hydrogen-bond donors (Lipinski definition) is 2. The maximum atomic E-state index is 12.8.